The molecular weight excluding hydrogens is 188 g/mol. The van der Waals surface area contributed by atoms with Gasteiger partial charge in [0, 0.05) is 12.5 Å². The molecule has 0 aromatic rings. The van der Waals surface area contributed by atoms with Crippen LogP contribution in [0.4, 0.5) is 0 Å². The first-order valence-electron chi connectivity index (χ1n) is 6.08. The molecule has 0 spiro atoms. The zero-order valence-electron chi connectivity index (χ0n) is 9.81. The van der Waals surface area contributed by atoms with E-state index in [4.69, 9.17) is 0 Å². The van der Waals surface area contributed by atoms with Crippen molar-refractivity contribution in [3.8, 4) is 0 Å². The van der Waals surface area contributed by atoms with Crippen LogP contribution in [0.1, 0.15) is 39.5 Å². The van der Waals surface area contributed by atoms with Crippen molar-refractivity contribution < 1.29 is 4.79 Å². The zero-order chi connectivity index (χ0) is 10.9. The number of nitrogens with one attached hydrogen (secondary N) is 2. The molecule has 3 heteroatoms. The minimum Gasteiger partial charge on any atom is -0.353 e. The van der Waals surface area contributed by atoms with Gasteiger partial charge in [-0.3, -0.25) is 4.79 Å². The number of carbonyl (C=O) groups excluding carboxylic acids is 1. The summed E-state index contributed by atoms with van der Waals surface area (Å²) >= 11 is 0. The average molecular weight is 210 g/mol. The van der Waals surface area contributed by atoms with Gasteiger partial charge in [-0.25, -0.2) is 0 Å². The van der Waals surface area contributed by atoms with Crippen LogP contribution in [-0.4, -0.2) is 25.0 Å². The van der Waals surface area contributed by atoms with Gasteiger partial charge in [-0.05, 0) is 43.7 Å². The average Bonchev–Trinajstić information content (AvgIpc) is 2.74. The molecular formula is C12H22N2O. The fourth-order valence-corrected chi connectivity index (χ4v) is 2.33. The molecule has 1 saturated heterocycles. The van der Waals surface area contributed by atoms with Gasteiger partial charge in [-0.15, -0.1) is 0 Å². The highest BCUT2D eigenvalue weighted by atomic mass is 16.1. The largest absolute Gasteiger partial charge is 0.353 e. The van der Waals surface area contributed by atoms with E-state index < -0.39 is 0 Å². The number of hydrogen-bond acceptors (Lipinski definition) is 2. The molecule has 2 fully saturated rings. The normalized spacial score (nSPS) is 33.5. The Morgan fingerprint density at radius 3 is 2.80 bits per heavy atom. The van der Waals surface area contributed by atoms with Crippen LogP contribution in [0.5, 0.6) is 0 Å². The van der Waals surface area contributed by atoms with E-state index >= 15 is 0 Å². The van der Waals surface area contributed by atoms with Gasteiger partial charge >= 0.3 is 0 Å². The van der Waals surface area contributed by atoms with Crippen molar-refractivity contribution in [2.75, 3.05) is 13.1 Å². The minimum atomic E-state index is 0.249. The van der Waals surface area contributed by atoms with Gasteiger partial charge in [0.1, 0.15) is 0 Å². The lowest BCUT2D eigenvalue weighted by Gasteiger charge is -2.22. The summed E-state index contributed by atoms with van der Waals surface area (Å²) < 4.78 is 0. The predicted octanol–water partition coefficient (Wildman–Crippen LogP) is 1.29. The molecule has 86 valence electrons. The van der Waals surface area contributed by atoms with Gasteiger partial charge in [-0.2, -0.15) is 0 Å². The monoisotopic (exact) mass is 210 g/mol. The van der Waals surface area contributed by atoms with Crippen LogP contribution >= 0.6 is 0 Å². The van der Waals surface area contributed by atoms with Gasteiger partial charge in [0.2, 0.25) is 5.91 Å². The minimum absolute atomic E-state index is 0.249. The summed E-state index contributed by atoms with van der Waals surface area (Å²) in [6.07, 6.45) is 4.27. The van der Waals surface area contributed by atoms with Gasteiger partial charge < -0.3 is 10.6 Å². The van der Waals surface area contributed by atoms with Crippen LogP contribution in [0.15, 0.2) is 0 Å². The van der Waals surface area contributed by atoms with Gasteiger partial charge in [0.05, 0.1) is 0 Å². The van der Waals surface area contributed by atoms with Crippen molar-refractivity contribution in [1.29, 1.82) is 0 Å². The van der Waals surface area contributed by atoms with Crippen molar-refractivity contribution in [2.24, 2.45) is 11.3 Å². The van der Waals surface area contributed by atoms with Crippen LogP contribution in [0, 0.1) is 11.3 Å². The highest BCUT2D eigenvalue weighted by Gasteiger charge is 2.46. The molecule has 1 aliphatic carbocycles. The second-order valence-corrected chi connectivity index (χ2v) is 5.73. The standard InChI is InChI=1S/C12H22N2O/c1-12(2)7-10(12)14-11(15)6-9-4-3-5-13-8-9/h9-10,13H,3-8H2,1-2H3,(H,14,15). The number of hydrogen-bond donors (Lipinski definition) is 2. The topological polar surface area (TPSA) is 41.1 Å². The van der Waals surface area contributed by atoms with Crippen molar-refractivity contribution in [3.05, 3.63) is 0 Å². The Balaban J connectivity index is 1.68. The summed E-state index contributed by atoms with van der Waals surface area (Å²) in [7, 11) is 0. The van der Waals surface area contributed by atoms with Crippen LogP contribution in [0.2, 0.25) is 0 Å². The van der Waals surface area contributed by atoms with Crippen LogP contribution in [-0.2, 0) is 4.79 Å². The van der Waals surface area contributed by atoms with E-state index in [0.29, 0.717) is 23.8 Å². The first-order chi connectivity index (χ1) is 7.08. The maximum atomic E-state index is 11.7. The molecule has 1 aliphatic heterocycles. The van der Waals surface area contributed by atoms with Crippen molar-refractivity contribution in [2.45, 2.75) is 45.6 Å². The van der Waals surface area contributed by atoms with E-state index in [1.807, 2.05) is 0 Å². The van der Waals surface area contributed by atoms with E-state index in [2.05, 4.69) is 24.5 Å². The summed E-state index contributed by atoms with van der Waals surface area (Å²) in [5.74, 6) is 0.805. The number of carbonyl (C=O) groups is 1. The first-order valence-corrected chi connectivity index (χ1v) is 6.08. The third-order valence-corrected chi connectivity index (χ3v) is 3.72. The highest BCUT2D eigenvalue weighted by molar-refractivity contribution is 5.77. The molecule has 2 rings (SSSR count). The Hall–Kier alpha value is -0.570. The van der Waals surface area contributed by atoms with Crippen molar-refractivity contribution >= 4 is 5.91 Å². The van der Waals surface area contributed by atoms with E-state index in [-0.39, 0.29) is 5.91 Å². The molecule has 2 aliphatic rings. The van der Waals surface area contributed by atoms with Crippen molar-refractivity contribution in [3.63, 3.8) is 0 Å². The molecule has 0 aromatic heterocycles. The van der Waals surface area contributed by atoms with Crippen LogP contribution in [0.3, 0.4) is 0 Å². The Bertz CT molecular complexity index is 244. The summed E-state index contributed by atoms with van der Waals surface area (Å²) in [5.41, 5.74) is 0.348. The number of piperidine rings is 1. The highest BCUT2D eigenvalue weighted by Crippen LogP contribution is 2.44. The predicted molar refractivity (Wildman–Crippen MR) is 60.5 cm³/mol. The fraction of sp³-hybridized carbons (Fsp3) is 0.917. The molecule has 2 atom stereocenters. The maximum Gasteiger partial charge on any atom is 0.220 e. The zero-order valence-corrected chi connectivity index (χ0v) is 9.81. The quantitative estimate of drug-likeness (QED) is 0.737. The lowest BCUT2D eigenvalue weighted by atomic mass is 9.96. The first kappa shape index (κ1) is 10.9. The summed E-state index contributed by atoms with van der Waals surface area (Å²) in [6.45, 7) is 6.55. The number of amides is 1. The van der Waals surface area contributed by atoms with Crippen molar-refractivity contribution in [1.82, 2.24) is 10.6 Å². The second-order valence-electron chi connectivity index (χ2n) is 5.73. The van der Waals surface area contributed by atoms with Gasteiger partial charge in [0.25, 0.3) is 0 Å². The third kappa shape index (κ3) is 2.94. The maximum absolute atomic E-state index is 11.7. The molecule has 0 bridgehead atoms. The SMILES string of the molecule is CC1(C)CC1NC(=O)CC1CCCNC1. The lowest BCUT2D eigenvalue weighted by Crippen LogP contribution is -2.35. The van der Waals surface area contributed by atoms with E-state index in [9.17, 15) is 4.79 Å². The summed E-state index contributed by atoms with van der Waals surface area (Å²) in [5, 5.41) is 6.47. The Morgan fingerprint density at radius 1 is 1.53 bits per heavy atom. The molecule has 2 unspecified atom stereocenters. The van der Waals surface area contributed by atoms with E-state index in [1.54, 1.807) is 0 Å². The van der Waals surface area contributed by atoms with Crippen LogP contribution in [0.25, 0.3) is 0 Å². The molecule has 1 heterocycles. The molecule has 2 N–H and O–H groups in total. The molecule has 0 aromatic carbocycles. The smallest absolute Gasteiger partial charge is 0.220 e. The van der Waals surface area contributed by atoms with Crippen LogP contribution < -0.4 is 10.6 Å². The molecule has 0 radical (unpaired) electrons. The molecule has 1 saturated carbocycles. The van der Waals surface area contributed by atoms with E-state index in [1.165, 1.54) is 12.8 Å². The van der Waals surface area contributed by atoms with Gasteiger partial charge in [-0.1, -0.05) is 13.8 Å². The van der Waals surface area contributed by atoms with E-state index in [0.717, 1.165) is 19.5 Å². The lowest BCUT2D eigenvalue weighted by molar-refractivity contribution is -0.122. The second kappa shape index (κ2) is 4.12. The Labute approximate surface area is 92.0 Å². The molecule has 1 amide bonds. The summed E-state index contributed by atoms with van der Waals surface area (Å²) in [6, 6.07) is 0.432. The molecule has 3 nitrogen and oxygen atoms in total. The summed E-state index contributed by atoms with van der Waals surface area (Å²) in [4.78, 5) is 11.7. The van der Waals surface area contributed by atoms with Gasteiger partial charge in [0.15, 0.2) is 0 Å². The Kier molecular flexibility index (Phi) is 3.01. The molecule has 15 heavy (non-hydrogen) atoms. The Morgan fingerprint density at radius 2 is 2.27 bits per heavy atom. The fourth-order valence-electron chi connectivity index (χ4n) is 2.33. The number of rotatable bonds is 3. The third-order valence-electron chi connectivity index (χ3n) is 3.72.